The zero-order valence-electron chi connectivity index (χ0n) is 17.1. The molecule has 0 aliphatic rings. The van der Waals surface area contributed by atoms with Crippen molar-refractivity contribution in [3.63, 3.8) is 0 Å². The molecule has 0 aliphatic heterocycles. The number of anilines is 2. The zero-order chi connectivity index (χ0) is 22.6. The number of benzene rings is 3. The van der Waals surface area contributed by atoms with Gasteiger partial charge >= 0.3 is 0 Å². The number of rotatable bonds is 7. The third kappa shape index (κ3) is 4.77. The Morgan fingerprint density at radius 3 is 2.26 bits per heavy atom. The van der Waals surface area contributed by atoms with Gasteiger partial charge in [0.2, 0.25) is 0 Å². The highest BCUT2D eigenvalue weighted by Crippen LogP contribution is 2.30. The van der Waals surface area contributed by atoms with Crippen LogP contribution in [0.25, 0.3) is 0 Å². The second kappa shape index (κ2) is 9.05. The van der Waals surface area contributed by atoms with Crippen LogP contribution in [-0.4, -0.2) is 35.6 Å². The molecule has 0 saturated carbocycles. The van der Waals surface area contributed by atoms with E-state index in [1.165, 1.54) is 69.8 Å². The van der Waals surface area contributed by atoms with E-state index >= 15 is 0 Å². The monoisotopic (exact) mass is 444 g/mol. The highest BCUT2D eigenvalue weighted by atomic mass is 32.2. The van der Waals surface area contributed by atoms with Crippen LogP contribution in [-0.2, 0) is 10.0 Å². The van der Waals surface area contributed by atoms with Crippen molar-refractivity contribution in [2.45, 2.75) is 4.90 Å². The number of carbonyl (C=O) groups is 1. The van der Waals surface area contributed by atoms with Crippen LogP contribution in [0.3, 0.4) is 0 Å². The van der Waals surface area contributed by atoms with Crippen LogP contribution in [0.2, 0.25) is 0 Å². The first-order chi connectivity index (χ1) is 14.8. The lowest BCUT2D eigenvalue weighted by molar-refractivity contribution is 0.102. The van der Waals surface area contributed by atoms with Crippen LogP contribution in [0.4, 0.5) is 15.8 Å². The van der Waals surface area contributed by atoms with Crippen molar-refractivity contribution in [2.24, 2.45) is 0 Å². The van der Waals surface area contributed by atoms with E-state index in [1.807, 2.05) is 0 Å². The normalized spacial score (nSPS) is 11.0. The van der Waals surface area contributed by atoms with E-state index in [0.29, 0.717) is 22.9 Å². The van der Waals surface area contributed by atoms with Gasteiger partial charge in [0.1, 0.15) is 5.82 Å². The smallest absolute Gasteiger partial charge is 0.264 e. The molecule has 9 heteroatoms. The summed E-state index contributed by atoms with van der Waals surface area (Å²) in [5.41, 5.74) is 0.907. The standard InChI is InChI=1S/C22H21FN2O5S/c1-25(18-10-7-16(23)8-11-18)31(27,28)19-6-4-5-15(13-19)22(26)24-17-9-12-20(29-2)21(14-17)30-3/h4-14H,1-3H3,(H,24,26). The average molecular weight is 444 g/mol. The van der Waals surface area contributed by atoms with Crippen molar-refractivity contribution in [2.75, 3.05) is 30.9 Å². The van der Waals surface area contributed by atoms with Crippen molar-refractivity contribution < 1.29 is 27.1 Å². The maximum Gasteiger partial charge on any atom is 0.264 e. The molecule has 0 atom stereocenters. The summed E-state index contributed by atoms with van der Waals surface area (Å²) in [4.78, 5) is 12.6. The number of nitrogens with zero attached hydrogens (tertiary/aromatic N) is 1. The molecule has 3 rings (SSSR count). The second-order valence-electron chi connectivity index (χ2n) is 6.50. The van der Waals surface area contributed by atoms with Crippen molar-refractivity contribution >= 4 is 27.3 Å². The minimum absolute atomic E-state index is 0.0701. The van der Waals surface area contributed by atoms with Crippen LogP contribution in [0.1, 0.15) is 10.4 Å². The third-order valence-corrected chi connectivity index (χ3v) is 6.37. The number of sulfonamides is 1. The van der Waals surface area contributed by atoms with Gasteiger partial charge in [-0.3, -0.25) is 9.10 Å². The second-order valence-corrected chi connectivity index (χ2v) is 8.47. The molecule has 0 radical (unpaired) electrons. The minimum atomic E-state index is -3.96. The molecule has 3 aromatic carbocycles. The average Bonchev–Trinajstić information content (AvgIpc) is 2.79. The molecule has 7 nitrogen and oxygen atoms in total. The van der Waals surface area contributed by atoms with Crippen LogP contribution in [0, 0.1) is 5.82 Å². The molecule has 31 heavy (non-hydrogen) atoms. The topological polar surface area (TPSA) is 84.9 Å². The Morgan fingerprint density at radius 2 is 1.61 bits per heavy atom. The van der Waals surface area contributed by atoms with E-state index in [1.54, 1.807) is 18.2 Å². The maximum atomic E-state index is 13.2. The van der Waals surface area contributed by atoms with Crippen LogP contribution < -0.4 is 19.1 Å². The molecule has 0 unspecified atom stereocenters. The minimum Gasteiger partial charge on any atom is -0.493 e. The summed E-state index contributed by atoms with van der Waals surface area (Å²) in [6.07, 6.45) is 0. The summed E-state index contributed by atoms with van der Waals surface area (Å²) in [5, 5.41) is 2.71. The fourth-order valence-corrected chi connectivity index (χ4v) is 4.10. The number of ether oxygens (including phenoxy) is 2. The number of halogens is 1. The Morgan fingerprint density at radius 1 is 0.935 bits per heavy atom. The van der Waals surface area contributed by atoms with Crippen molar-refractivity contribution in [1.82, 2.24) is 0 Å². The van der Waals surface area contributed by atoms with Gasteiger partial charge in [-0.15, -0.1) is 0 Å². The van der Waals surface area contributed by atoms with Crippen molar-refractivity contribution in [3.8, 4) is 11.5 Å². The van der Waals surface area contributed by atoms with Gasteiger partial charge in [0.15, 0.2) is 11.5 Å². The molecule has 0 heterocycles. The number of hydrogen-bond acceptors (Lipinski definition) is 5. The van der Waals surface area contributed by atoms with Gasteiger partial charge in [-0.1, -0.05) is 6.07 Å². The fraction of sp³-hybridized carbons (Fsp3) is 0.136. The SMILES string of the molecule is COc1ccc(NC(=O)c2cccc(S(=O)(=O)N(C)c3ccc(F)cc3)c2)cc1OC. The Hall–Kier alpha value is -3.59. The Labute approximate surface area is 180 Å². The molecule has 1 amide bonds. The first-order valence-electron chi connectivity index (χ1n) is 9.14. The number of amides is 1. The van der Waals surface area contributed by atoms with Gasteiger partial charge < -0.3 is 14.8 Å². The van der Waals surface area contributed by atoms with E-state index in [0.717, 1.165) is 4.31 Å². The van der Waals surface area contributed by atoms with Gasteiger partial charge in [0.25, 0.3) is 15.9 Å². The Kier molecular flexibility index (Phi) is 6.45. The zero-order valence-corrected chi connectivity index (χ0v) is 17.9. The molecule has 1 N–H and O–H groups in total. The van der Waals surface area contributed by atoms with Crippen LogP contribution in [0.5, 0.6) is 11.5 Å². The Balaban J connectivity index is 1.85. The van der Waals surface area contributed by atoms with Gasteiger partial charge in [-0.05, 0) is 54.6 Å². The highest BCUT2D eigenvalue weighted by molar-refractivity contribution is 7.92. The van der Waals surface area contributed by atoms with Gasteiger partial charge in [0, 0.05) is 24.4 Å². The summed E-state index contributed by atoms with van der Waals surface area (Å²) in [7, 11) is 0.388. The van der Waals surface area contributed by atoms with Crippen LogP contribution in [0.15, 0.2) is 71.6 Å². The van der Waals surface area contributed by atoms with E-state index in [9.17, 15) is 17.6 Å². The molecule has 0 saturated heterocycles. The van der Waals surface area contributed by atoms with E-state index in [4.69, 9.17) is 9.47 Å². The fourth-order valence-electron chi connectivity index (χ4n) is 2.86. The number of carbonyl (C=O) groups excluding carboxylic acids is 1. The summed E-state index contributed by atoms with van der Waals surface area (Å²) in [6, 6.07) is 15.6. The molecule has 162 valence electrons. The van der Waals surface area contributed by atoms with E-state index in [-0.39, 0.29) is 10.5 Å². The predicted octanol–water partition coefficient (Wildman–Crippen LogP) is 3.92. The summed E-state index contributed by atoms with van der Waals surface area (Å²) >= 11 is 0. The highest BCUT2D eigenvalue weighted by Gasteiger charge is 2.22. The molecular formula is C22H21FN2O5S. The molecule has 0 fully saturated rings. The maximum absolute atomic E-state index is 13.2. The van der Waals surface area contributed by atoms with Crippen molar-refractivity contribution in [1.29, 1.82) is 0 Å². The molecule has 0 spiro atoms. The lowest BCUT2D eigenvalue weighted by atomic mass is 10.2. The lowest BCUT2D eigenvalue weighted by Crippen LogP contribution is -2.26. The van der Waals surface area contributed by atoms with E-state index < -0.39 is 21.7 Å². The van der Waals surface area contributed by atoms with Gasteiger partial charge in [-0.25, -0.2) is 12.8 Å². The Bertz CT molecular complexity index is 1200. The first-order valence-corrected chi connectivity index (χ1v) is 10.6. The number of methoxy groups -OCH3 is 2. The molecule has 0 aromatic heterocycles. The predicted molar refractivity (Wildman–Crippen MR) is 116 cm³/mol. The summed E-state index contributed by atoms with van der Waals surface area (Å²) in [6.45, 7) is 0. The van der Waals surface area contributed by atoms with Gasteiger partial charge in [-0.2, -0.15) is 0 Å². The largest absolute Gasteiger partial charge is 0.493 e. The molecule has 0 bridgehead atoms. The quantitative estimate of drug-likeness (QED) is 0.597. The summed E-state index contributed by atoms with van der Waals surface area (Å²) < 4.78 is 50.5. The molecule has 0 aliphatic carbocycles. The van der Waals surface area contributed by atoms with E-state index in [2.05, 4.69) is 5.32 Å². The molecule has 3 aromatic rings. The van der Waals surface area contributed by atoms with Crippen molar-refractivity contribution in [3.05, 3.63) is 78.1 Å². The lowest BCUT2D eigenvalue weighted by Gasteiger charge is -2.20. The van der Waals surface area contributed by atoms with Gasteiger partial charge in [0.05, 0.1) is 24.8 Å². The summed E-state index contributed by atoms with van der Waals surface area (Å²) in [5.74, 6) is -0.00736. The third-order valence-electron chi connectivity index (χ3n) is 4.59. The number of hydrogen-bond donors (Lipinski definition) is 1. The first kappa shape index (κ1) is 22.1. The van der Waals surface area contributed by atoms with Crippen LogP contribution >= 0.6 is 0 Å². The molecular weight excluding hydrogens is 423 g/mol. The number of nitrogens with one attached hydrogen (secondary N) is 1.